The molecule has 0 radical (unpaired) electrons. The molecule has 0 aliphatic rings. The summed E-state index contributed by atoms with van der Waals surface area (Å²) >= 11 is 6.40. The number of aromatic nitrogens is 2. The molecule has 0 unspecified atom stereocenters. The molecule has 0 atom stereocenters. The van der Waals surface area contributed by atoms with Crippen molar-refractivity contribution in [1.29, 1.82) is 0 Å². The molecule has 2 aromatic heterocycles. The van der Waals surface area contributed by atoms with Crippen molar-refractivity contribution < 1.29 is 4.74 Å². The van der Waals surface area contributed by atoms with Gasteiger partial charge in [-0.3, -0.25) is 9.20 Å². The van der Waals surface area contributed by atoms with Gasteiger partial charge in [0, 0.05) is 11.8 Å². The third-order valence-electron chi connectivity index (χ3n) is 3.77. The maximum absolute atomic E-state index is 12.3. The van der Waals surface area contributed by atoms with Crippen molar-refractivity contribution in [3.05, 3.63) is 75.8 Å². The lowest BCUT2D eigenvalue weighted by Crippen LogP contribution is -2.16. The second-order valence-electron chi connectivity index (χ2n) is 5.75. The Morgan fingerprint density at radius 3 is 2.72 bits per heavy atom. The molecule has 128 valence electrons. The van der Waals surface area contributed by atoms with E-state index in [0.717, 1.165) is 23.4 Å². The third kappa shape index (κ3) is 3.91. The normalized spacial score (nSPS) is 11.7. The minimum atomic E-state index is -0.145. The van der Waals surface area contributed by atoms with E-state index in [-0.39, 0.29) is 5.56 Å². The highest BCUT2D eigenvalue weighted by Gasteiger charge is 2.07. The Morgan fingerprint density at radius 1 is 1.24 bits per heavy atom. The topological polar surface area (TPSA) is 43.6 Å². The highest BCUT2D eigenvalue weighted by Crippen LogP contribution is 2.22. The van der Waals surface area contributed by atoms with Gasteiger partial charge < -0.3 is 4.74 Å². The molecule has 3 aromatic rings. The largest absolute Gasteiger partial charge is 0.494 e. The van der Waals surface area contributed by atoms with Gasteiger partial charge in [-0.25, -0.2) is 4.98 Å². The second-order valence-corrected chi connectivity index (χ2v) is 6.16. The Bertz CT molecular complexity index is 975. The minimum Gasteiger partial charge on any atom is -0.494 e. The summed E-state index contributed by atoms with van der Waals surface area (Å²) < 4.78 is 7.13. The molecule has 1 aromatic carbocycles. The molecule has 0 saturated heterocycles. The third-order valence-corrected chi connectivity index (χ3v) is 4.07. The monoisotopic (exact) mass is 354 g/mol. The van der Waals surface area contributed by atoms with E-state index in [1.54, 1.807) is 16.5 Å². The van der Waals surface area contributed by atoms with E-state index in [2.05, 4.69) is 11.9 Å². The number of pyridine rings is 1. The van der Waals surface area contributed by atoms with Crippen LogP contribution in [0.5, 0.6) is 5.75 Å². The van der Waals surface area contributed by atoms with Gasteiger partial charge in [0.15, 0.2) is 0 Å². The number of fused-ring (bicyclic) bond motifs is 1. The van der Waals surface area contributed by atoms with Gasteiger partial charge in [0.05, 0.1) is 17.3 Å². The van der Waals surface area contributed by atoms with Gasteiger partial charge in [0.1, 0.15) is 11.4 Å². The molecule has 0 fully saturated rings. The van der Waals surface area contributed by atoms with Crippen molar-refractivity contribution in [3.8, 4) is 5.75 Å². The van der Waals surface area contributed by atoms with E-state index in [9.17, 15) is 4.79 Å². The highest BCUT2D eigenvalue weighted by atomic mass is 35.5. The van der Waals surface area contributed by atoms with Crippen molar-refractivity contribution in [1.82, 2.24) is 9.38 Å². The predicted octanol–water partition coefficient (Wildman–Crippen LogP) is 4.53. The fourth-order valence-corrected chi connectivity index (χ4v) is 2.76. The van der Waals surface area contributed by atoms with Crippen molar-refractivity contribution in [2.24, 2.45) is 0 Å². The molecule has 0 bridgehead atoms. The Morgan fingerprint density at radius 2 is 2.00 bits per heavy atom. The first-order valence-electron chi connectivity index (χ1n) is 8.18. The molecule has 0 N–H and O–H groups in total. The van der Waals surface area contributed by atoms with Crippen LogP contribution < -0.4 is 10.3 Å². The summed E-state index contributed by atoms with van der Waals surface area (Å²) in [5.41, 5.74) is 2.65. The first-order valence-corrected chi connectivity index (χ1v) is 8.56. The van der Waals surface area contributed by atoms with Crippen LogP contribution in [0.2, 0.25) is 0 Å². The number of hydrogen-bond donors (Lipinski definition) is 0. The highest BCUT2D eigenvalue weighted by molar-refractivity contribution is 6.51. The number of hydrogen-bond acceptors (Lipinski definition) is 3. The zero-order chi connectivity index (χ0) is 17.8. The van der Waals surface area contributed by atoms with E-state index < -0.39 is 0 Å². The Labute approximate surface area is 151 Å². The molecule has 5 heteroatoms. The lowest BCUT2D eigenvalue weighted by atomic mass is 10.2. The minimum absolute atomic E-state index is 0.145. The Kier molecular flexibility index (Phi) is 5.19. The number of ether oxygens (including phenoxy) is 1. The number of nitrogens with zero attached hydrogens (tertiary/aromatic N) is 2. The molecule has 0 aliphatic carbocycles. The van der Waals surface area contributed by atoms with E-state index in [0.29, 0.717) is 23.0 Å². The smallest absolute Gasteiger partial charge is 0.258 e. The van der Waals surface area contributed by atoms with Crippen LogP contribution in [0.3, 0.4) is 0 Å². The van der Waals surface area contributed by atoms with Gasteiger partial charge >= 0.3 is 0 Å². The van der Waals surface area contributed by atoms with Crippen LogP contribution in [-0.4, -0.2) is 16.0 Å². The Hall–Kier alpha value is -2.59. The fraction of sp³-hybridized carbons (Fsp3) is 0.200. The summed E-state index contributed by atoms with van der Waals surface area (Å²) in [4.78, 5) is 16.8. The molecule has 0 aliphatic heterocycles. The molecule has 0 saturated carbocycles. The molecular weight excluding hydrogens is 336 g/mol. The number of benzene rings is 1. The summed E-state index contributed by atoms with van der Waals surface area (Å²) in [6.07, 6.45) is 2.76. The van der Waals surface area contributed by atoms with Crippen LogP contribution >= 0.6 is 11.6 Å². The van der Waals surface area contributed by atoms with Gasteiger partial charge in [-0.1, -0.05) is 36.7 Å². The van der Waals surface area contributed by atoms with Gasteiger partial charge in [0.25, 0.3) is 5.56 Å². The van der Waals surface area contributed by atoms with Crippen molar-refractivity contribution in [2.75, 3.05) is 6.61 Å². The maximum Gasteiger partial charge on any atom is 0.258 e. The number of halogens is 1. The quantitative estimate of drug-likeness (QED) is 0.676. The van der Waals surface area contributed by atoms with E-state index in [1.165, 1.54) is 6.07 Å². The first-order chi connectivity index (χ1) is 12.1. The molecule has 2 heterocycles. The van der Waals surface area contributed by atoms with Crippen molar-refractivity contribution >= 4 is 28.4 Å². The fourth-order valence-electron chi connectivity index (χ4n) is 2.54. The van der Waals surface area contributed by atoms with Gasteiger partial charge in [-0.15, -0.1) is 0 Å². The first kappa shape index (κ1) is 17.2. The summed E-state index contributed by atoms with van der Waals surface area (Å²) in [6, 6.07) is 14.6. The summed E-state index contributed by atoms with van der Waals surface area (Å²) in [7, 11) is 0. The van der Waals surface area contributed by atoms with Crippen LogP contribution in [0.1, 0.15) is 30.3 Å². The summed E-state index contributed by atoms with van der Waals surface area (Å²) in [5, 5.41) is 0.420. The maximum atomic E-state index is 12.3. The number of aryl methyl sites for hydroxylation is 1. The SMILES string of the molecule is CCCOc1ccc(/C=C(\Cl)c2cc(=O)n3c(C)cccc3n2)cc1. The van der Waals surface area contributed by atoms with Crippen LogP contribution in [0.15, 0.2) is 53.3 Å². The zero-order valence-electron chi connectivity index (χ0n) is 14.2. The molecule has 3 rings (SSSR count). The van der Waals surface area contributed by atoms with Gasteiger partial charge in [0.2, 0.25) is 0 Å². The molecule has 0 amide bonds. The van der Waals surface area contributed by atoms with E-state index >= 15 is 0 Å². The van der Waals surface area contributed by atoms with Crippen LogP contribution in [-0.2, 0) is 0 Å². The van der Waals surface area contributed by atoms with Crippen molar-refractivity contribution in [3.63, 3.8) is 0 Å². The molecular formula is C20H19ClN2O2. The number of rotatable bonds is 5. The van der Waals surface area contributed by atoms with Crippen LogP contribution in [0.25, 0.3) is 16.8 Å². The standard InChI is InChI=1S/C20H19ClN2O2/c1-3-11-25-16-9-7-15(8-10-16)12-17(21)18-13-20(24)23-14(2)5-4-6-19(23)22-18/h4-10,12-13H,3,11H2,1-2H3/b17-12-. The van der Waals surface area contributed by atoms with Crippen LogP contribution in [0.4, 0.5) is 0 Å². The average molecular weight is 355 g/mol. The van der Waals surface area contributed by atoms with E-state index in [1.807, 2.05) is 43.3 Å². The van der Waals surface area contributed by atoms with Crippen molar-refractivity contribution in [2.45, 2.75) is 20.3 Å². The van der Waals surface area contributed by atoms with Crippen LogP contribution in [0, 0.1) is 6.92 Å². The lowest BCUT2D eigenvalue weighted by Gasteiger charge is -2.06. The summed E-state index contributed by atoms with van der Waals surface area (Å²) in [6.45, 7) is 4.63. The van der Waals surface area contributed by atoms with Gasteiger partial charge in [-0.2, -0.15) is 0 Å². The zero-order valence-corrected chi connectivity index (χ0v) is 15.0. The average Bonchev–Trinajstić information content (AvgIpc) is 2.61. The lowest BCUT2D eigenvalue weighted by molar-refractivity contribution is 0.317. The predicted molar refractivity (Wildman–Crippen MR) is 102 cm³/mol. The molecule has 25 heavy (non-hydrogen) atoms. The Balaban J connectivity index is 1.92. The van der Waals surface area contributed by atoms with Gasteiger partial charge in [-0.05, 0) is 49.2 Å². The van der Waals surface area contributed by atoms with E-state index in [4.69, 9.17) is 16.3 Å². The second kappa shape index (κ2) is 7.53. The molecule has 0 spiro atoms. The summed E-state index contributed by atoms with van der Waals surface area (Å²) in [5.74, 6) is 0.827. The molecule has 4 nitrogen and oxygen atoms in total.